The molecular formula is C17H14F3NO3. The summed E-state index contributed by atoms with van der Waals surface area (Å²) in [7, 11) is 0. The first-order valence-electron chi connectivity index (χ1n) is 7.26. The van der Waals surface area contributed by atoms with Crippen molar-refractivity contribution in [3.63, 3.8) is 0 Å². The van der Waals surface area contributed by atoms with Gasteiger partial charge >= 0.3 is 12.1 Å². The largest absolute Gasteiger partial charge is 0.490 e. The van der Waals surface area contributed by atoms with Gasteiger partial charge in [-0.25, -0.2) is 4.79 Å². The zero-order valence-electron chi connectivity index (χ0n) is 12.5. The van der Waals surface area contributed by atoms with Gasteiger partial charge in [0.2, 0.25) is 0 Å². The van der Waals surface area contributed by atoms with Gasteiger partial charge in [-0.15, -0.1) is 0 Å². The fourth-order valence-electron chi connectivity index (χ4n) is 2.59. The number of rotatable bonds is 3. The fourth-order valence-corrected chi connectivity index (χ4v) is 2.59. The molecule has 1 aliphatic heterocycles. The first-order chi connectivity index (χ1) is 11.3. The van der Waals surface area contributed by atoms with Crippen molar-refractivity contribution >= 4 is 11.7 Å². The third kappa shape index (κ3) is 3.29. The number of carboxylic acid groups (broad SMARTS) is 1. The number of aromatic carboxylic acids is 1. The maximum absolute atomic E-state index is 12.6. The zero-order chi connectivity index (χ0) is 17.3. The molecule has 3 rings (SSSR count). The monoisotopic (exact) mass is 337 g/mol. The third-order valence-corrected chi connectivity index (χ3v) is 3.82. The van der Waals surface area contributed by atoms with Crippen molar-refractivity contribution in [2.75, 3.05) is 18.1 Å². The van der Waals surface area contributed by atoms with Gasteiger partial charge < -0.3 is 14.7 Å². The number of anilines is 1. The van der Waals surface area contributed by atoms with E-state index in [-0.39, 0.29) is 5.56 Å². The highest BCUT2D eigenvalue weighted by Gasteiger charge is 2.30. The smallest absolute Gasteiger partial charge is 0.416 e. The van der Waals surface area contributed by atoms with Crippen LogP contribution in [0.2, 0.25) is 0 Å². The van der Waals surface area contributed by atoms with Crippen molar-refractivity contribution in [2.45, 2.75) is 12.7 Å². The van der Waals surface area contributed by atoms with Gasteiger partial charge in [-0.1, -0.05) is 12.1 Å². The Bertz CT molecular complexity index is 757. The molecule has 7 heteroatoms. The first kappa shape index (κ1) is 16.2. The molecule has 126 valence electrons. The molecule has 1 heterocycles. The number of carboxylic acids is 1. The summed E-state index contributed by atoms with van der Waals surface area (Å²) < 4.78 is 43.3. The van der Waals surface area contributed by atoms with Crippen LogP contribution >= 0.6 is 0 Å². The zero-order valence-corrected chi connectivity index (χ0v) is 12.5. The number of alkyl halides is 3. The Morgan fingerprint density at radius 3 is 2.50 bits per heavy atom. The van der Waals surface area contributed by atoms with E-state index in [0.717, 1.165) is 12.1 Å². The fraction of sp³-hybridized carbons (Fsp3) is 0.235. The molecule has 1 N–H and O–H groups in total. The van der Waals surface area contributed by atoms with Crippen LogP contribution in [0, 0.1) is 0 Å². The van der Waals surface area contributed by atoms with E-state index >= 15 is 0 Å². The number of benzene rings is 2. The molecule has 0 aliphatic carbocycles. The van der Waals surface area contributed by atoms with Gasteiger partial charge in [0.15, 0.2) is 0 Å². The van der Waals surface area contributed by atoms with Gasteiger partial charge in [0.1, 0.15) is 12.4 Å². The number of fused-ring (bicyclic) bond motifs is 1. The molecule has 0 saturated carbocycles. The van der Waals surface area contributed by atoms with E-state index in [2.05, 4.69) is 0 Å². The molecule has 0 amide bonds. The van der Waals surface area contributed by atoms with Crippen molar-refractivity contribution in [1.29, 1.82) is 0 Å². The van der Waals surface area contributed by atoms with Gasteiger partial charge in [-0.2, -0.15) is 13.2 Å². The van der Waals surface area contributed by atoms with E-state index in [4.69, 9.17) is 9.84 Å². The lowest BCUT2D eigenvalue weighted by molar-refractivity contribution is -0.137. The lowest BCUT2D eigenvalue weighted by Gasteiger charge is -2.31. The Morgan fingerprint density at radius 2 is 1.88 bits per heavy atom. The van der Waals surface area contributed by atoms with Gasteiger partial charge in [-0.05, 0) is 35.9 Å². The van der Waals surface area contributed by atoms with Crippen molar-refractivity contribution in [3.05, 3.63) is 59.2 Å². The minimum atomic E-state index is -4.36. The van der Waals surface area contributed by atoms with Crippen LogP contribution < -0.4 is 9.64 Å². The van der Waals surface area contributed by atoms with Gasteiger partial charge in [0.05, 0.1) is 23.4 Å². The van der Waals surface area contributed by atoms with Crippen molar-refractivity contribution < 1.29 is 27.8 Å². The molecule has 0 bridgehead atoms. The van der Waals surface area contributed by atoms with Crippen molar-refractivity contribution in [1.82, 2.24) is 0 Å². The SMILES string of the molecule is O=C(O)c1ccc2c(c1)N(Cc1ccc(C(F)(F)F)cc1)CCO2. The predicted octanol–water partition coefficient (Wildman–Crippen LogP) is 3.80. The molecule has 0 radical (unpaired) electrons. The van der Waals surface area contributed by atoms with Gasteiger partial charge in [0, 0.05) is 6.54 Å². The second-order valence-electron chi connectivity index (χ2n) is 5.45. The summed E-state index contributed by atoms with van der Waals surface area (Å²) in [5.41, 5.74) is 0.774. The summed E-state index contributed by atoms with van der Waals surface area (Å²) >= 11 is 0. The van der Waals surface area contributed by atoms with Crippen LogP contribution in [0.5, 0.6) is 5.75 Å². The van der Waals surface area contributed by atoms with E-state index in [1.165, 1.54) is 24.3 Å². The minimum Gasteiger partial charge on any atom is -0.490 e. The number of nitrogens with zero attached hydrogens (tertiary/aromatic N) is 1. The van der Waals surface area contributed by atoms with E-state index < -0.39 is 17.7 Å². The molecule has 24 heavy (non-hydrogen) atoms. The normalized spacial score (nSPS) is 14.0. The maximum Gasteiger partial charge on any atom is 0.416 e. The van der Waals surface area contributed by atoms with Crippen molar-refractivity contribution in [3.8, 4) is 5.75 Å². The van der Waals surface area contributed by atoms with Crippen LogP contribution in [0.3, 0.4) is 0 Å². The quantitative estimate of drug-likeness (QED) is 0.925. The third-order valence-electron chi connectivity index (χ3n) is 3.82. The second kappa shape index (κ2) is 6.07. The van der Waals surface area contributed by atoms with Crippen LogP contribution in [0.4, 0.5) is 18.9 Å². The molecule has 2 aromatic carbocycles. The number of halogens is 3. The van der Waals surface area contributed by atoms with E-state index in [0.29, 0.717) is 36.7 Å². The molecule has 0 spiro atoms. The first-order valence-corrected chi connectivity index (χ1v) is 7.26. The topological polar surface area (TPSA) is 49.8 Å². The predicted molar refractivity (Wildman–Crippen MR) is 81.4 cm³/mol. The number of ether oxygens (including phenoxy) is 1. The Balaban J connectivity index is 1.84. The summed E-state index contributed by atoms with van der Waals surface area (Å²) in [6.07, 6.45) is -4.36. The standard InChI is InChI=1S/C17H14F3NO3/c18-17(19,20)13-4-1-11(2-5-13)10-21-7-8-24-15-6-3-12(16(22)23)9-14(15)21/h1-6,9H,7-8,10H2,(H,22,23). The highest BCUT2D eigenvalue weighted by molar-refractivity contribution is 5.89. The summed E-state index contributed by atoms with van der Waals surface area (Å²) in [6.45, 7) is 1.33. The highest BCUT2D eigenvalue weighted by Crippen LogP contribution is 2.34. The van der Waals surface area contributed by atoms with Gasteiger partial charge in [0.25, 0.3) is 0 Å². The Labute approximate surface area is 136 Å². The van der Waals surface area contributed by atoms with E-state index in [1.54, 1.807) is 6.07 Å². The number of hydrogen-bond acceptors (Lipinski definition) is 3. The average molecular weight is 337 g/mol. The van der Waals surface area contributed by atoms with E-state index in [1.807, 2.05) is 4.90 Å². The lowest BCUT2D eigenvalue weighted by Crippen LogP contribution is -2.32. The second-order valence-corrected chi connectivity index (χ2v) is 5.45. The molecular weight excluding hydrogens is 323 g/mol. The van der Waals surface area contributed by atoms with Crippen LogP contribution in [-0.2, 0) is 12.7 Å². The molecule has 0 atom stereocenters. The van der Waals surface area contributed by atoms with Gasteiger partial charge in [-0.3, -0.25) is 0 Å². The highest BCUT2D eigenvalue weighted by atomic mass is 19.4. The molecule has 0 fully saturated rings. The molecule has 1 aliphatic rings. The average Bonchev–Trinajstić information content (AvgIpc) is 2.54. The summed E-state index contributed by atoms with van der Waals surface area (Å²) in [5, 5.41) is 9.10. The Kier molecular flexibility index (Phi) is 4.09. The Hall–Kier alpha value is -2.70. The van der Waals surface area contributed by atoms with E-state index in [9.17, 15) is 18.0 Å². The summed E-state index contributed by atoms with van der Waals surface area (Å²) in [5.74, 6) is -0.476. The summed E-state index contributed by atoms with van der Waals surface area (Å²) in [4.78, 5) is 13.0. The molecule has 0 saturated heterocycles. The maximum atomic E-state index is 12.6. The minimum absolute atomic E-state index is 0.136. The lowest BCUT2D eigenvalue weighted by atomic mass is 10.1. The molecule has 0 unspecified atom stereocenters. The van der Waals surface area contributed by atoms with Crippen LogP contribution in [0.1, 0.15) is 21.5 Å². The molecule has 4 nitrogen and oxygen atoms in total. The number of carbonyl (C=O) groups is 1. The van der Waals surface area contributed by atoms with Crippen LogP contribution in [0.15, 0.2) is 42.5 Å². The van der Waals surface area contributed by atoms with Crippen molar-refractivity contribution in [2.24, 2.45) is 0 Å². The van der Waals surface area contributed by atoms with Crippen LogP contribution in [-0.4, -0.2) is 24.2 Å². The van der Waals surface area contributed by atoms with Crippen LogP contribution in [0.25, 0.3) is 0 Å². The molecule has 0 aromatic heterocycles. The molecule has 2 aromatic rings. The Morgan fingerprint density at radius 1 is 1.17 bits per heavy atom. The summed E-state index contributed by atoms with van der Waals surface area (Å²) in [6, 6.07) is 9.52. The number of hydrogen-bond donors (Lipinski definition) is 1.